The van der Waals surface area contributed by atoms with Gasteiger partial charge in [0.2, 0.25) is 0 Å². The van der Waals surface area contributed by atoms with Gasteiger partial charge in [-0.15, -0.1) is 6.58 Å². The summed E-state index contributed by atoms with van der Waals surface area (Å²) in [5, 5.41) is 0. The van der Waals surface area contributed by atoms with Crippen molar-refractivity contribution in [2.75, 3.05) is 13.4 Å². The van der Waals surface area contributed by atoms with Gasteiger partial charge in [0, 0.05) is 5.57 Å². The van der Waals surface area contributed by atoms with Crippen LogP contribution in [-0.4, -0.2) is 19.4 Å². The third-order valence-corrected chi connectivity index (χ3v) is 4.35. The Bertz CT molecular complexity index is 347. The zero-order chi connectivity index (χ0) is 14.2. The molecule has 20 heavy (non-hydrogen) atoms. The Balaban J connectivity index is 1.93. The van der Waals surface area contributed by atoms with Crippen LogP contribution in [0.4, 0.5) is 0 Å². The second kappa shape index (κ2) is 8.25. The average Bonchev–Trinajstić information content (AvgIpc) is 3.13. The Kier molecular flexibility index (Phi) is 6.31. The van der Waals surface area contributed by atoms with Crippen molar-refractivity contribution in [3.63, 3.8) is 0 Å². The van der Waals surface area contributed by atoms with Crippen molar-refractivity contribution in [1.29, 1.82) is 0 Å². The zero-order valence-corrected chi connectivity index (χ0v) is 12.3. The minimum atomic E-state index is -0.173. The highest BCUT2D eigenvalue weighted by molar-refractivity contribution is 5.89. The normalized spacial score (nSPS) is 21.3. The molecule has 0 spiro atoms. The van der Waals surface area contributed by atoms with E-state index in [1.165, 1.54) is 38.5 Å². The molecule has 112 valence electrons. The highest BCUT2D eigenvalue weighted by Crippen LogP contribution is 2.35. The molecule has 0 radical (unpaired) electrons. The molecule has 3 heteroatoms. The smallest absolute Gasteiger partial charge is 0.336 e. The van der Waals surface area contributed by atoms with Crippen LogP contribution >= 0.6 is 0 Å². The summed E-state index contributed by atoms with van der Waals surface area (Å²) in [6, 6.07) is 0. The van der Waals surface area contributed by atoms with Crippen LogP contribution in [0.25, 0.3) is 0 Å². The maximum atomic E-state index is 12.3. The van der Waals surface area contributed by atoms with Crippen molar-refractivity contribution < 1.29 is 14.3 Å². The Hall–Kier alpha value is -1.09. The molecule has 2 aliphatic carbocycles. The van der Waals surface area contributed by atoms with E-state index in [0.29, 0.717) is 18.4 Å². The van der Waals surface area contributed by atoms with E-state index >= 15 is 0 Å². The summed E-state index contributed by atoms with van der Waals surface area (Å²) in [4.78, 5) is 12.3. The van der Waals surface area contributed by atoms with Gasteiger partial charge in [0.05, 0.1) is 6.61 Å². The number of hydrogen-bond acceptors (Lipinski definition) is 3. The molecule has 3 nitrogen and oxygen atoms in total. The van der Waals surface area contributed by atoms with Crippen molar-refractivity contribution in [1.82, 2.24) is 0 Å². The summed E-state index contributed by atoms with van der Waals surface area (Å²) in [6.07, 6.45) is 13.6. The number of allylic oxidation sites excluding steroid dienone is 1. The molecule has 0 aliphatic heterocycles. The molecule has 0 aromatic heterocycles. The van der Waals surface area contributed by atoms with Gasteiger partial charge in [0.25, 0.3) is 0 Å². The van der Waals surface area contributed by atoms with Gasteiger partial charge in [0.15, 0.2) is 6.79 Å². The highest BCUT2D eigenvalue weighted by atomic mass is 16.7. The fraction of sp³-hybridized carbons (Fsp3) is 0.706. The third kappa shape index (κ3) is 4.48. The molecule has 0 atom stereocenters. The van der Waals surface area contributed by atoms with Crippen molar-refractivity contribution in [2.24, 2.45) is 11.8 Å². The first-order valence-electron chi connectivity index (χ1n) is 7.88. The summed E-state index contributed by atoms with van der Waals surface area (Å²) in [6.45, 7) is 4.01. The summed E-state index contributed by atoms with van der Waals surface area (Å²) in [5.41, 5.74) is 0.914. The van der Waals surface area contributed by atoms with Crippen LogP contribution < -0.4 is 0 Å². The maximum Gasteiger partial charge on any atom is 0.336 e. The summed E-state index contributed by atoms with van der Waals surface area (Å²) < 4.78 is 10.4. The molecule has 0 amide bonds. The topological polar surface area (TPSA) is 35.5 Å². The number of rotatable bonds is 7. The quantitative estimate of drug-likeness (QED) is 0.232. The molecule has 2 rings (SSSR count). The van der Waals surface area contributed by atoms with Crippen LogP contribution in [0.15, 0.2) is 24.3 Å². The van der Waals surface area contributed by atoms with E-state index in [9.17, 15) is 4.79 Å². The molecule has 0 unspecified atom stereocenters. The van der Waals surface area contributed by atoms with Crippen LogP contribution in [0.3, 0.4) is 0 Å². The second-order valence-electron chi connectivity index (χ2n) is 5.86. The standard InChI is InChI=1S/C17H26O3/c1-2-11-19-13-20-17(18)16(15-9-5-6-10-15)12-14-7-3-4-8-14/h2,12,14-15H,1,3-11,13H2. The van der Waals surface area contributed by atoms with Crippen molar-refractivity contribution in [2.45, 2.75) is 51.4 Å². The van der Waals surface area contributed by atoms with Crippen molar-refractivity contribution in [3.8, 4) is 0 Å². The molecule has 0 aromatic carbocycles. The largest absolute Gasteiger partial charge is 0.435 e. The van der Waals surface area contributed by atoms with Crippen LogP contribution in [0, 0.1) is 11.8 Å². The van der Waals surface area contributed by atoms with Gasteiger partial charge < -0.3 is 9.47 Å². The van der Waals surface area contributed by atoms with E-state index in [0.717, 1.165) is 18.4 Å². The van der Waals surface area contributed by atoms with E-state index in [-0.39, 0.29) is 12.8 Å². The van der Waals surface area contributed by atoms with E-state index in [1.54, 1.807) is 6.08 Å². The van der Waals surface area contributed by atoms with Gasteiger partial charge >= 0.3 is 5.97 Å². The number of esters is 1. The average molecular weight is 278 g/mol. The summed E-state index contributed by atoms with van der Waals surface area (Å²) >= 11 is 0. The van der Waals surface area contributed by atoms with E-state index in [4.69, 9.17) is 9.47 Å². The molecule has 0 saturated heterocycles. The van der Waals surface area contributed by atoms with Crippen LogP contribution in [0.2, 0.25) is 0 Å². The first-order valence-corrected chi connectivity index (χ1v) is 7.88. The molecule has 0 aromatic rings. The molecular formula is C17H26O3. The van der Waals surface area contributed by atoms with Gasteiger partial charge in [-0.3, -0.25) is 0 Å². The van der Waals surface area contributed by atoms with Gasteiger partial charge in [0.1, 0.15) is 0 Å². The summed E-state index contributed by atoms with van der Waals surface area (Å²) in [5.74, 6) is 0.808. The minimum Gasteiger partial charge on any atom is -0.435 e. The zero-order valence-electron chi connectivity index (χ0n) is 12.3. The number of hydrogen-bond donors (Lipinski definition) is 0. The highest BCUT2D eigenvalue weighted by Gasteiger charge is 2.27. The molecule has 0 N–H and O–H groups in total. The fourth-order valence-electron chi connectivity index (χ4n) is 3.30. The van der Waals surface area contributed by atoms with E-state index < -0.39 is 0 Å². The SMILES string of the molecule is C=CCOCOC(=O)C(=CC1CCCC1)C1CCCC1. The molecular weight excluding hydrogens is 252 g/mol. The Morgan fingerprint density at radius 2 is 1.75 bits per heavy atom. The van der Waals surface area contributed by atoms with Crippen LogP contribution in [0.1, 0.15) is 51.4 Å². The monoisotopic (exact) mass is 278 g/mol. The second-order valence-corrected chi connectivity index (χ2v) is 5.86. The minimum absolute atomic E-state index is 0.0274. The maximum absolute atomic E-state index is 12.3. The van der Waals surface area contributed by atoms with Crippen LogP contribution in [0.5, 0.6) is 0 Å². The molecule has 0 bridgehead atoms. The van der Waals surface area contributed by atoms with Gasteiger partial charge in [-0.05, 0) is 37.5 Å². The van der Waals surface area contributed by atoms with Crippen molar-refractivity contribution >= 4 is 5.97 Å². The lowest BCUT2D eigenvalue weighted by atomic mass is 9.93. The number of carbonyl (C=O) groups is 1. The molecule has 0 heterocycles. The van der Waals surface area contributed by atoms with Gasteiger partial charge in [-0.2, -0.15) is 0 Å². The van der Waals surface area contributed by atoms with E-state index in [1.807, 2.05) is 0 Å². The predicted molar refractivity (Wildman–Crippen MR) is 79.1 cm³/mol. The van der Waals surface area contributed by atoms with Gasteiger partial charge in [-0.25, -0.2) is 4.79 Å². The van der Waals surface area contributed by atoms with Gasteiger partial charge in [-0.1, -0.05) is 37.8 Å². The molecule has 2 saturated carbocycles. The third-order valence-electron chi connectivity index (χ3n) is 4.35. The lowest BCUT2D eigenvalue weighted by Gasteiger charge is -2.16. The van der Waals surface area contributed by atoms with E-state index in [2.05, 4.69) is 12.7 Å². The Morgan fingerprint density at radius 3 is 2.40 bits per heavy atom. The fourth-order valence-corrected chi connectivity index (χ4v) is 3.30. The van der Waals surface area contributed by atoms with Crippen LogP contribution in [-0.2, 0) is 14.3 Å². The Morgan fingerprint density at radius 1 is 1.10 bits per heavy atom. The Labute approximate surface area is 122 Å². The first kappa shape index (κ1) is 15.3. The number of carbonyl (C=O) groups excluding carboxylic acids is 1. The van der Waals surface area contributed by atoms with Crippen molar-refractivity contribution in [3.05, 3.63) is 24.3 Å². The molecule has 2 fully saturated rings. The molecule has 2 aliphatic rings. The number of ether oxygens (including phenoxy) is 2. The first-order chi connectivity index (χ1) is 9.81. The predicted octanol–water partition coefficient (Wildman–Crippen LogP) is 4.00. The summed E-state index contributed by atoms with van der Waals surface area (Å²) in [7, 11) is 0. The lowest BCUT2D eigenvalue weighted by molar-refractivity contribution is -0.151. The lowest BCUT2D eigenvalue weighted by Crippen LogP contribution is -2.17.